The Morgan fingerprint density at radius 3 is 3.30 bits per heavy atom. The molecule has 3 heteroatoms. The van der Waals surface area contributed by atoms with Crippen LogP contribution in [-0.4, -0.2) is 4.98 Å². The Morgan fingerprint density at radius 2 is 2.40 bits per heavy atom. The van der Waals surface area contributed by atoms with Crippen molar-refractivity contribution in [2.45, 2.75) is 0 Å². The molecule has 0 aliphatic carbocycles. The van der Waals surface area contributed by atoms with Gasteiger partial charge < -0.3 is 4.84 Å². The van der Waals surface area contributed by atoms with Crippen LogP contribution in [0.1, 0.15) is 0 Å². The first-order valence-electron chi connectivity index (χ1n) is 2.98. The molecule has 0 saturated heterocycles. The van der Waals surface area contributed by atoms with E-state index in [1.807, 2.05) is 6.07 Å². The lowest BCUT2D eigenvalue weighted by Gasteiger charge is -2.01. The molecule has 0 amide bonds. The molecule has 3 nitrogen and oxygen atoms in total. The predicted molar refractivity (Wildman–Crippen MR) is 36.6 cm³/mol. The van der Waals surface area contributed by atoms with Gasteiger partial charge in [-0.2, -0.15) is 0 Å². The predicted octanol–water partition coefficient (Wildman–Crippen LogP) is -0.908. The van der Waals surface area contributed by atoms with E-state index in [9.17, 15) is 0 Å². The van der Waals surface area contributed by atoms with Gasteiger partial charge in [-0.05, 0) is 6.07 Å². The maximum Gasteiger partial charge on any atom is 0.128 e. The number of fused-ring (bicyclic) bond motifs is 1. The summed E-state index contributed by atoms with van der Waals surface area (Å²) < 4.78 is 0. The molecule has 2 heterocycles. The van der Waals surface area contributed by atoms with Crippen LogP contribution in [0.2, 0.25) is 0 Å². The van der Waals surface area contributed by atoms with E-state index in [4.69, 9.17) is 4.84 Å². The normalized spacial score (nSPS) is 13.2. The van der Waals surface area contributed by atoms with Crippen molar-refractivity contribution >= 4 is 12.5 Å². The molecule has 1 aliphatic rings. The van der Waals surface area contributed by atoms with Crippen molar-refractivity contribution in [3.8, 4) is 0 Å². The van der Waals surface area contributed by atoms with Gasteiger partial charge >= 0.3 is 0 Å². The molecule has 0 atom stereocenters. The van der Waals surface area contributed by atoms with Crippen LogP contribution < -0.4 is 15.9 Å². The third-order valence-electron chi connectivity index (χ3n) is 1.36. The van der Waals surface area contributed by atoms with E-state index in [0.29, 0.717) is 0 Å². The van der Waals surface area contributed by atoms with Gasteiger partial charge in [0.05, 0.1) is 0 Å². The third-order valence-corrected chi connectivity index (χ3v) is 1.36. The van der Waals surface area contributed by atoms with E-state index in [0.717, 1.165) is 10.4 Å². The first-order chi connectivity index (χ1) is 4.97. The standard InChI is InChI=1S/C7H6N2O/c1-2-8-3-7-5-10-9-4-6(1)7/h1-5,9H. The molecule has 1 N–H and O–H groups in total. The quantitative estimate of drug-likeness (QED) is 0.499. The van der Waals surface area contributed by atoms with Crippen LogP contribution >= 0.6 is 0 Å². The molecule has 0 aromatic carbocycles. The highest BCUT2D eigenvalue weighted by molar-refractivity contribution is 5.28. The smallest absolute Gasteiger partial charge is 0.128 e. The molecule has 0 radical (unpaired) electrons. The van der Waals surface area contributed by atoms with Gasteiger partial charge in [0.2, 0.25) is 0 Å². The highest BCUT2D eigenvalue weighted by Crippen LogP contribution is 1.73. The van der Waals surface area contributed by atoms with E-state index in [-0.39, 0.29) is 0 Å². The summed E-state index contributed by atoms with van der Waals surface area (Å²) in [7, 11) is 0. The molecule has 1 aromatic rings. The second-order valence-electron chi connectivity index (χ2n) is 2.00. The second kappa shape index (κ2) is 2.02. The van der Waals surface area contributed by atoms with Crippen molar-refractivity contribution in [1.82, 2.24) is 10.5 Å². The summed E-state index contributed by atoms with van der Waals surface area (Å²) in [4.78, 5) is 8.76. The van der Waals surface area contributed by atoms with Crippen LogP contribution in [0.15, 0.2) is 18.5 Å². The van der Waals surface area contributed by atoms with Gasteiger partial charge in [-0.1, -0.05) is 0 Å². The Kier molecular flexibility index (Phi) is 1.07. The monoisotopic (exact) mass is 134 g/mol. The summed E-state index contributed by atoms with van der Waals surface area (Å²) in [6.45, 7) is 0. The Labute approximate surface area is 57.6 Å². The third kappa shape index (κ3) is 0.719. The molecule has 0 unspecified atom stereocenters. The van der Waals surface area contributed by atoms with Gasteiger partial charge in [-0.25, -0.2) is 5.48 Å². The fourth-order valence-corrected chi connectivity index (χ4v) is 0.842. The van der Waals surface area contributed by atoms with E-state index in [1.165, 1.54) is 0 Å². The van der Waals surface area contributed by atoms with Gasteiger partial charge in [-0.3, -0.25) is 4.98 Å². The lowest BCUT2D eigenvalue weighted by atomic mass is 10.3. The highest BCUT2D eigenvalue weighted by atomic mass is 16.6. The maximum absolute atomic E-state index is 4.83. The van der Waals surface area contributed by atoms with Crippen molar-refractivity contribution in [3.05, 3.63) is 28.9 Å². The number of hydrogen-bond acceptors (Lipinski definition) is 3. The Morgan fingerprint density at radius 1 is 1.40 bits per heavy atom. The van der Waals surface area contributed by atoms with Crippen molar-refractivity contribution in [1.29, 1.82) is 0 Å². The molecule has 50 valence electrons. The van der Waals surface area contributed by atoms with Gasteiger partial charge in [0.15, 0.2) is 0 Å². The highest BCUT2D eigenvalue weighted by Gasteiger charge is 1.88. The number of hydrogen-bond donors (Lipinski definition) is 1. The lowest BCUT2D eigenvalue weighted by molar-refractivity contribution is 0.229. The number of pyridine rings is 1. The Bertz CT molecular complexity index is 310. The van der Waals surface area contributed by atoms with Crippen molar-refractivity contribution in [3.63, 3.8) is 0 Å². The number of nitrogens with zero attached hydrogens (tertiary/aromatic N) is 1. The molecular weight excluding hydrogens is 128 g/mol. The maximum atomic E-state index is 4.83. The van der Waals surface area contributed by atoms with Crippen molar-refractivity contribution < 1.29 is 4.84 Å². The SMILES string of the molecule is C1=c2ccncc2=CON1. The molecule has 1 aliphatic heterocycles. The molecular formula is C7H6N2O. The summed E-state index contributed by atoms with van der Waals surface area (Å²) in [5.74, 6) is 0. The van der Waals surface area contributed by atoms with E-state index < -0.39 is 0 Å². The number of hydroxylamine groups is 1. The Hall–Kier alpha value is -1.51. The minimum Gasteiger partial charge on any atom is -0.390 e. The van der Waals surface area contributed by atoms with Gasteiger partial charge in [0, 0.05) is 29.0 Å². The molecule has 2 rings (SSSR count). The molecule has 1 aromatic heterocycles. The van der Waals surface area contributed by atoms with Crippen LogP contribution in [0, 0.1) is 0 Å². The van der Waals surface area contributed by atoms with Crippen LogP contribution in [0.25, 0.3) is 12.5 Å². The van der Waals surface area contributed by atoms with Crippen molar-refractivity contribution in [2.75, 3.05) is 0 Å². The fourth-order valence-electron chi connectivity index (χ4n) is 0.842. The average Bonchev–Trinajstić information content (AvgIpc) is 2.05. The summed E-state index contributed by atoms with van der Waals surface area (Å²) >= 11 is 0. The van der Waals surface area contributed by atoms with Crippen LogP contribution in [-0.2, 0) is 4.84 Å². The largest absolute Gasteiger partial charge is 0.390 e. The van der Waals surface area contributed by atoms with E-state index in [1.54, 1.807) is 24.9 Å². The Balaban J connectivity index is 2.84. The van der Waals surface area contributed by atoms with Gasteiger partial charge in [0.25, 0.3) is 0 Å². The lowest BCUT2D eigenvalue weighted by Crippen LogP contribution is -2.31. The number of rotatable bonds is 0. The average molecular weight is 134 g/mol. The summed E-state index contributed by atoms with van der Waals surface area (Å²) in [6.07, 6.45) is 6.92. The zero-order valence-corrected chi connectivity index (χ0v) is 5.24. The zero-order chi connectivity index (χ0) is 6.81. The topological polar surface area (TPSA) is 34.1 Å². The molecule has 0 fully saturated rings. The number of nitrogens with one attached hydrogen (secondary N) is 1. The van der Waals surface area contributed by atoms with Crippen LogP contribution in [0.3, 0.4) is 0 Å². The molecule has 0 spiro atoms. The first kappa shape index (κ1) is 5.29. The molecule has 0 bridgehead atoms. The van der Waals surface area contributed by atoms with Crippen molar-refractivity contribution in [2.24, 2.45) is 0 Å². The number of aromatic nitrogens is 1. The molecule has 10 heavy (non-hydrogen) atoms. The first-order valence-corrected chi connectivity index (χ1v) is 2.98. The second-order valence-corrected chi connectivity index (χ2v) is 2.00. The zero-order valence-electron chi connectivity index (χ0n) is 5.24. The van der Waals surface area contributed by atoms with Gasteiger partial charge in [-0.15, -0.1) is 0 Å². The fraction of sp³-hybridized carbons (Fsp3) is 0. The van der Waals surface area contributed by atoms with E-state index >= 15 is 0 Å². The van der Waals surface area contributed by atoms with Crippen LogP contribution in [0.5, 0.6) is 0 Å². The molecule has 0 saturated carbocycles. The minimum atomic E-state index is 1.00. The summed E-state index contributed by atoms with van der Waals surface area (Å²) in [5.41, 5.74) is 2.63. The van der Waals surface area contributed by atoms with Crippen LogP contribution in [0.4, 0.5) is 0 Å². The summed E-state index contributed by atoms with van der Waals surface area (Å²) in [6, 6.07) is 1.92. The minimum absolute atomic E-state index is 1.00. The van der Waals surface area contributed by atoms with Gasteiger partial charge in [0.1, 0.15) is 6.26 Å². The van der Waals surface area contributed by atoms with E-state index in [2.05, 4.69) is 10.5 Å². The summed E-state index contributed by atoms with van der Waals surface area (Å²) in [5, 5.41) is 2.10.